The third-order valence-electron chi connectivity index (χ3n) is 9.10. The molecular formula is C35H40Cl2N4O5. The molecule has 2 aliphatic heterocycles. The van der Waals surface area contributed by atoms with Crippen LogP contribution in [0.4, 0.5) is 9.59 Å². The first-order valence-electron chi connectivity index (χ1n) is 15.4. The van der Waals surface area contributed by atoms with Crippen LogP contribution in [0.2, 0.25) is 10.0 Å². The Balaban J connectivity index is 1.73. The van der Waals surface area contributed by atoms with Gasteiger partial charge in [0.2, 0.25) is 0 Å². The number of nitrogens with zero attached hydrogens (tertiary/aromatic N) is 4. The molecule has 0 aliphatic carbocycles. The summed E-state index contributed by atoms with van der Waals surface area (Å²) in [5.74, 6) is 0.992. The summed E-state index contributed by atoms with van der Waals surface area (Å²) in [4.78, 5) is 39.9. The SMILES string of the molecule is CCOc1cc(C(C)(C)C)ncc1C1=N[C@@](C)(c2ccc(Cl)cc2)[C@@](C)(c2ccc(Cl)cc2)N1C(=O)N1CCC(OC(=O)O)CC1. The van der Waals surface area contributed by atoms with Gasteiger partial charge >= 0.3 is 12.2 Å². The predicted molar refractivity (Wildman–Crippen MR) is 179 cm³/mol. The molecule has 1 saturated heterocycles. The highest BCUT2D eigenvalue weighted by molar-refractivity contribution is 6.30. The van der Waals surface area contributed by atoms with Crippen LogP contribution in [0.25, 0.3) is 0 Å². The molecule has 9 nitrogen and oxygen atoms in total. The highest BCUT2D eigenvalue weighted by Crippen LogP contribution is 2.54. The highest BCUT2D eigenvalue weighted by Gasteiger charge is 2.60. The largest absolute Gasteiger partial charge is 0.506 e. The van der Waals surface area contributed by atoms with Gasteiger partial charge in [-0.3, -0.25) is 14.9 Å². The topological polar surface area (TPSA) is 105 Å². The molecule has 3 aromatic rings. The van der Waals surface area contributed by atoms with Gasteiger partial charge in [0.25, 0.3) is 0 Å². The van der Waals surface area contributed by atoms with Gasteiger partial charge in [-0.15, -0.1) is 0 Å². The smallest absolute Gasteiger partial charge is 0.493 e. The van der Waals surface area contributed by atoms with Crippen LogP contribution in [0.3, 0.4) is 0 Å². The van der Waals surface area contributed by atoms with Gasteiger partial charge in [0.15, 0.2) is 0 Å². The average molecular weight is 668 g/mol. The van der Waals surface area contributed by atoms with Crippen LogP contribution in [-0.2, 0) is 21.2 Å². The summed E-state index contributed by atoms with van der Waals surface area (Å²) in [6, 6.07) is 16.6. The number of amidine groups is 1. The summed E-state index contributed by atoms with van der Waals surface area (Å²) >= 11 is 12.7. The number of ether oxygens (including phenoxy) is 2. The second kappa shape index (κ2) is 12.8. The Labute approximate surface area is 280 Å². The van der Waals surface area contributed by atoms with E-state index in [4.69, 9.17) is 47.8 Å². The molecule has 0 radical (unpaired) electrons. The molecule has 5 rings (SSSR count). The monoisotopic (exact) mass is 666 g/mol. The minimum Gasteiger partial charge on any atom is -0.493 e. The average Bonchev–Trinajstić information content (AvgIpc) is 3.25. The van der Waals surface area contributed by atoms with Crippen LogP contribution in [-0.4, -0.2) is 63.7 Å². The number of carbonyl (C=O) groups excluding carboxylic acids is 1. The van der Waals surface area contributed by atoms with Crippen LogP contribution in [0, 0.1) is 0 Å². The van der Waals surface area contributed by atoms with Crippen molar-refractivity contribution in [2.45, 2.75) is 77.0 Å². The maximum Gasteiger partial charge on any atom is 0.506 e. The van der Waals surface area contributed by atoms with Crippen molar-refractivity contribution in [2.24, 2.45) is 4.99 Å². The molecule has 2 aliphatic rings. The number of pyridine rings is 1. The molecule has 2 amide bonds. The Bertz CT molecular complexity index is 1630. The van der Waals surface area contributed by atoms with Gasteiger partial charge in [0, 0.05) is 59.3 Å². The summed E-state index contributed by atoms with van der Waals surface area (Å²) in [5, 5.41) is 10.3. The van der Waals surface area contributed by atoms with E-state index < -0.39 is 23.3 Å². The molecule has 0 saturated carbocycles. The number of hydrogen-bond donors (Lipinski definition) is 1. The summed E-state index contributed by atoms with van der Waals surface area (Å²) in [5.41, 5.74) is 0.791. The number of amides is 2. The molecular weight excluding hydrogens is 627 g/mol. The van der Waals surface area contributed by atoms with Crippen LogP contribution in [0.5, 0.6) is 5.75 Å². The number of aromatic nitrogens is 1. The van der Waals surface area contributed by atoms with Gasteiger partial charge in [-0.1, -0.05) is 68.2 Å². The lowest BCUT2D eigenvalue weighted by atomic mass is 9.71. The standard InChI is InChI=1S/C35H40Cl2N4O5/c1-7-45-28-20-29(33(2,3)4)38-21-27(28)30-39-34(5,22-8-12-24(36)13-9-22)35(6,23-10-14-25(37)15-11-23)41(30)31(42)40-18-16-26(17-19-40)46-32(43)44/h8-15,20-21,26H,7,16-19H2,1-6H3,(H,43,44)/t34-,35+/m0/s1. The van der Waals surface area contributed by atoms with E-state index in [2.05, 4.69) is 20.8 Å². The van der Waals surface area contributed by atoms with Gasteiger partial charge < -0.3 is 19.5 Å². The number of piperidine rings is 1. The lowest BCUT2D eigenvalue weighted by Gasteiger charge is -2.47. The van der Waals surface area contributed by atoms with Gasteiger partial charge in [-0.25, -0.2) is 9.59 Å². The van der Waals surface area contributed by atoms with E-state index in [1.807, 2.05) is 75.4 Å². The molecule has 46 heavy (non-hydrogen) atoms. The van der Waals surface area contributed by atoms with Crippen molar-refractivity contribution in [1.82, 2.24) is 14.8 Å². The minimum atomic E-state index is -1.32. The van der Waals surface area contributed by atoms with Gasteiger partial charge in [0.05, 0.1) is 12.2 Å². The molecule has 1 N–H and O–H groups in total. The summed E-state index contributed by atoms with van der Waals surface area (Å²) in [7, 11) is 0. The van der Waals surface area contributed by atoms with Crippen LogP contribution >= 0.6 is 23.2 Å². The molecule has 1 aromatic heterocycles. The second-order valence-electron chi connectivity index (χ2n) is 13.0. The number of halogens is 2. The zero-order valence-corrected chi connectivity index (χ0v) is 28.5. The first-order chi connectivity index (χ1) is 21.7. The number of benzene rings is 2. The molecule has 11 heteroatoms. The number of carboxylic acid groups (broad SMARTS) is 1. The van der Waals surface area contributed by atoms with Crippen molar-refractivity contribution in [3.8, 4) is 5.75 Å². The fraction of sp³-hybridized carbons (Fsp3) is 0.429. The lowest BCUT2D eigenvalue weighted by Crippen LogP contribution is -2.59. The fourth-order valence-electron chi connectivity index (χ4n) is 6.31. The Morgan fingerprint density at radius 3 is 2.07 bits per heavy atom. The molecule has 2 aromatic carbocycles. The van der Waals surface area contributed by atoms with E-state index >= 15 is 0 Å². The quantitative estimate of drug-likeness (QED) is 0.266. The van der Waals surface area contributed by atoms with E-state index in [0.29, 0.717) is 59.7 Å². The fourth-order valence-corrected chi connectivity index (χ4v) is 6.56. The number of aliphatic imine (C=N–C) groups is 1. The summed E-state index contributed by atoms with van der Waals surface area (Å²) < 4.78 is 11.2. The number of rotatable bonds is 6. The van der Waals surface area contributed by atoms with Gasteiger partial charge in [-0.2, -0.15) is 0 Å². The van der Waals surface area contributed by atoms with Crippen molar-refractivity contribution in [3.05, 3.63) is 93.2 Å². The number of hydrogen-bond acceptors (Lipinski definition) is 6. The number of likely N-dealkylation sites (tertiary alicyclic amines) is 1. The van der Waals surface area contributed by atoms with E-state index in [9.17, 15) is 9.59 Å². The zero-order chi connectivity index (χ0) is 33.4. The normalized spacial score (nSPS) is 22.0. The van der Waals surface area contributed by atoms with Crippen molar-refractivity contribution in [2.75, 3.05) is 19.7 Å². The zero-order valence-electron chi connectivity index (χ0n) is 27.0. The molecule has 0 bridgehead atoms. The van der Waals surface area contributed by atoms with Crippen molar-refractivity contribution >= 4 is 41.2 Å². The molecule has 0 spiro atoms. The highest BCUT2D eigenvalue weighted by atomic mass is 35.5. The maximum absolute atomic E-state index is 14.9. The van der Waals surface area contributed by atoms with E-state index in [1.54, 1.807) is 16.0 Å². The molecule has 2 atom stereocenters. The third kappa shape index (κ3) is 6.15. The molecule has 244 valence electrons. The molecule has 3 heterocycles. The predicted octanol–water partition coefficient (Wildman–Crippen LogP) is 8.26. The van der Waals surface area contributed by atoms with Crippen LogP contribution < -0.4 is 4.74 Å². The Hall–Kier alpha value is -3.82. The lowest BCUT2D eigenvalue weighted by molar-refractivity contribution is 0.0213. The van der Waals surface area contributed by atoms with Crippen molar-refractivity contribution in [3.63, 3.8) is 0 Å². The molecule has 1 fully saturated rings. The third-order valence-corrected chi connectivity index (χ3v) is 9.60. The van der Waals surface area contributed by atoms with Crippen molar-refractivity contribution < 1.29 is 24.2 Å². The van der Waals surface area contributed by atoms with Gasteiger partial charge in [-0.05, 0) is 56.2 Å². The Morgan fingerprint density at radius 1 is 0.978 bits per heavy atom. The first kappa shape index (κ1) is 33.5. The van der Waals surface area contributed by atoms with Crippen molar-refractivity contribution in [1.29, 1.82) is 0 Å². The van der Waals surface area contributed by atoms with Crippen LogP contribution in [0.1, 0.15) is 76.8 Å². The first-order valence-corrected chi connectivity index (χ1v) is 16.2. The maximum atomic E-state index is 14.9. The van der Waals surface area contributed by atoms with Crippen LogP contribution in [0.15, 0.2) is 65.8 Å². The summed E-state index contributed by atoms with van der Waals surface area (Å²) in [6.07, 6.45) is 0.719. The minimum absolute atomic E-state index is 0.241. The number of urea groups is 1. The van der Waals surface area contributed by atoms with E-state index in [-0.39, 0.29) is 11.4 Å². The van der Waals surface area contributed by atoms with E-state index in [1.165, 1.54) is 0 Å². The Morgan fingerprint density at radius 2 is 1.54 bits per heavy atom. The van der Waals surface area contributed by atoms with Gasteiger partial charge in [0.1, 0.15) is 28.8 Å². The number of carbonyl (C=O) groups is 2. The molecule has 0 unspecified atom stereocenters. The van der Waals surface area contributed by atoms with E-state index in [0.717, 1.165) is 16.8 Å². The Kier molecular flexibility index (Phi) is 9.30. The summed E-state index contributed by atoms with van der Waals surface area (Å²) in [6.45, 7) is 13.2. The second-order valence-corrected chi connectivity index (χ2v) is 13.9.